The van der Waals surface area contributed by atoms with Gasteiger partial charge in [0.15, 0.2) is 0 Å². The van der Waals surface area contributed by atoms with E-state index in [1.54, 1.807) is 18.3 Å². The smallest absolute Gasteiger partial charge is 0.244 e. The Kier molecular flexibility index (Phi) is 4.99. The van der Waals surface area contributed by atoms with Crippen LogP contribution < -0.4 is 10.0 Å². The molecule has 1 aliphatic rings. The lowest BCUT2D eigenvalue weighted by Crippen LogP contribution is -2.40. The molecule has 0 bridgehead atoms. The summed E-state index contributed by atoms with van der Waals surface area (Å²) >= 11 is 0. The minimum atomic E-state index is -3.52. The Balaban J connectivity index is 2.15. The quantitative estimate of drug-likeness (QED) is 0.810. The molecule has 6 heteroatoms. The van der Waals surface area contributed by atoms with Crippen molar-refractivity contribution in [3.63, 3.8) is 0 Å². The third kappa shape index (κ3) is 3.49. The molecule has 0 aromatic carbocycles. The highest BCUT2D eigenvalue weighted by Crippen LogP contribution is 2.30. The van der Waals surface area contributed by atoms with Crippen LogP contribution in [0.5, 0.6) is 0 Å². The molecular formula is C14H23N3O2S. The summed E-state index contributed by atoms with van der Waals surface area (Å²) < 4.78 is 27.7. The number of aromatic nitrogens is 1. The van der Waals surface area contributed by atoms with Crippen LogP contribution in [0.2, 0.25) is 0 Å². The molecule has 5 nitrogen and oxygen atoms in total. The Labute approximate surface area is 121 Å². The van der Waals surface area contributed by atoms with E-state index >= 15 is 0 Å². The molecule has 1 atom stereocenters. The number of pyridine rings is 1. The Morgan fingerprint density at radius 3 is 2.80 bits per heavy atom. The zero-order valence-corrected chi connectivity index (χ0v) is 12.9. The van der Waals surface area contributed by atoms with Gasteiger partial charge >= 0.3 is 0 Å². The highest BCUT2D eigenvalue weighted by atomic mass is 32.2. The van der Waals surface area contributed by atoms with Crippen LogP contribution >= 0.6 is 0 Å². The van der Waals surface area contributed by atoms with Crippen molar-refractivity contribution < 1.29 is 8.42 Å². The maximum absolute atomic E-state index is 12.5. The second-order valence-corrected chi connectivity index (χ2v) is 7.06. The van der Waals surface area contributed by atoms with Crippen LogP contribution in [0.1, 0.15) is 39.5 Å². The molecule has 20 heavy (non-hydrogen) atoms. The van der Waals surface area contributed by atoms with Crippen LogP contribution in [0.3, 0.4) is 0 Å². The molecule has 1 aliphatic carbocycles. The van der Waals surface area contributed by atoms with Gasteiger partial charge in [-0.3, -0.25) is 0 Å². The minimum absolute atomic E-state index is 0.0204. The van der Waals surface area contributed by atoms with E-state index in [0.29, 0.717) is 18.3 Å². The van der Waals surface area contributed by atoms with E-state index in [1.807, 2.05) is 13.8 Å². The summed E-state index contributed by atoms with van der Waals surface area (Å²) in [5.41, 5.74) is 0. The Bertz CT molecular complexity index is 541. The maximum Gasteiger partial charge on any atom is 0.244 e. The predicted molar refractivity (Wildman–Crippen MR) is 80.1 cm³/mol. The van der Waals surface area contributed by atoms with Crippen molar-refractivity contribution in [1.29, 1.82) is 0 Å². The van der Waals surface area contributed by atoms with Crippen molar-refractivity contribution in [3.8, 4) is 0 Å². The van der Waals surface area contributed by atoms with Gasteiger partial charge in [-0.2, -0.15) is 0 Å². The van der Waals surface area contributed by atoms with Gasteiger partial charge in [0.1, 0.15) is 10.7 Å². The van der Waals surface area contributed by atoms with Gasteiger partial charge in [0.05, 0.1) is 0 Å². The summed E-state index contributed by atoms with van der Waals surface area (Å²) in [5.74, 6) is 0.899. The standard InChI is InChI=1S/C14H23N3O2S/c1-3-9-15-14-13(8-5-10-16-14)20(18,19)17-11(2)12-6-4-7-12/h5,8,10-12,17H,3-4,6-7,9H2,1-2H3,(H,15,16). The van der Waals surface area contributed by atoms with Crippen LogP contribution in [0.4, 0.5) is 5.82 Å². The van der Waals surface area contributed by atoms with E-state index in [-0.39, 0.29) is 10.9 Å². The zero-order valence-electron chi connectivity index (χ0n) is 12.1. The van der Waals surface area contributed by atoms with Gasteiger partial charge in [0.25, 0.3) is 0 Å². The second-order valence-electron chi connectivity index (χ2n) is 5.38. The zero-order chi connectivity index (χ0) is 14.6. The largest absolute Gasteiger partial charge is 0.369 e. The van der Waals surface area contributed by atoms with Crippen LogP contribution in [-0.4, -0.2) is 26.0 Å². The topological polar surface area (TPSA) is 71.1 Å². The highest BCUT2D eigenvalue weighted by molar-refractivity contribution is 7.89. The van der Waals surface area contributed by atoms with Gasteiger partial charge in [-0.05, 0) is 44.2 Å². The molecule has 1 aromatic heterocycles. The summed E-state index contributed by atoms with van der Waals surface area (Å²) in [4.78, 5) is 4.37. The fourth-order valence-corrected chi connectivity index (χ4v) is 3.77. The Morgan fingerprint density at radius 1 is 1.45 bits per heavy atom. The van der Waals surface area contributed by atoms with Gasteiger partial charge in [0, 0.05) is 18.8 Å². The summed E-state index contributed by atoms with van der Waals surface area (Å²) in [6, 6.07) is 3.23. The van der Waals surface area contributed by atoms with Crippen LogP contribution in [0.25, 0.3) is 0 Å². The van der Waals surface area contributed by atoms with E-state index in [4.69, 9.17) is 0 Å². The summed E-state index contributed by atoms with van der Waals surface area (Å²) in [6.07, 6.45) is 5.94. The molecule has 1 unspecified atom stereocenters. The molecule has 1 heterocycles. The van der Waals surface area contributed by atoms with Crippen LogP contribution in [0, 0.1) is 5.92 Å². The first-order valence-corrected chi connectivity index (χ1v) is 8.74. The van der Waals surface area contributed by atoms with Gasteiger partial charge in [-0.1, -0.05) is 13.3 Å². The normalized spacial score (nSPS) is 17.5. The van der Waals surface area contributed by atoms with Crippen LogP contribution in [-0.2, 0) is 10.0 Å². The molecule has 2 N–H and O–H groups in total. The van der Waals surface area contributed by atoms with Gasteiger partial charge < -0.3 is 5.32 Å². The first kappa shape index (κ1) is 15.3. The first-order chi connectivity index (χ1) is 9.54. The monoisotopic (exact) mass is 297 g/mol. The minimum Gasteiger partial charge on any atom is -0.369 e. The number of nitrogens with zero attached hydrogens (tertiary/aromatic N) is 1. The number of nitrogens with one attached hydrogen (secondary N) is 2. The summed E-state index contributed by atoms with van der Waals surface area (Å²) in [5, 5.41) is 3.07. The molecule has 1 fully saturated rings. The first-order valence-electron chi connectivity index (χ1n) is 7.26. The molecule has 0 amide bonds. The van der Waals surface area contributed by atoms with E-state index in [9.17, 15) is 8.42 Å². The number of hydrogen-bond donors (Lipinski definition) is 2. The summed E-state index contributed by atoms with van der Waals surface area (Å²) in [6.45, 7) is 4.68. The average molecular weight is 297 g/mol. The third-order valence-corrected chi connectivity index (χ3v) is 5.39. The molecule has 112 valence electrons. The van der Waals surface area contributed by atoms with E-state index in [0.717, 1.165) is 19.3 Å². The SMILES string of the molecule is CCCNc1ncccc1S(=O)(=O)NC(C)C1CCC1. The number of sulfonamides is 1. The number of rotatable bonds is 7. The molecule has 1 aromatic rings. The van der Waals surface area contributed by atoms with Gasteiger partial charge in [-0.25, -0.2) is 18.1 Å². The molecule has 0 saturated heterocycles. The lowest BCUT2D eigenvalue weighted by atomic mass is 9.81. The van der Waals surface area contributed by atoms with Crippen molar-refractivity contribution in [3.05, 3.63) is 18.3 Å². The Hall–Kier alpha value is -1.14. The number of anilines is 1. The van der Waals surface area contributed by atoms with Crippen molar-refractivity contribution in [1.82, 2.24) is 9.71 Å². The van der Waals surface area contributed by atoms with E-state index in [2.05, 4.69) is 15.0 Å². The van der Waals surface area contributed by atoms with E-state index in [1.165, 1.54) is 6.42 Å². The number of hydrogen-bond acceptors (Lipinski definition) is 4. The lowest BCUT2D eigenvalue weighted by Gasteiger charge is -2.31. The van der Waals surface area contributed by atoms with Crippen molar-refractivity contribution in [2.45, 2.75) is 50.5 Å². The Morgan fingerprint density at radius 2 is 2.20 bits per heavy atom. The molecule has 1 saturated carbocycles. The summed E-state index contributed by atoms with van der Waals surface area (Å²) in [7, 11) is -3.52. The fraction of sp³-hybridized carbons (Fsp3) is 0.643. The van der Waals surface area contributed by atoms with Crippen molar-refractivity contribution in [2.24, 2.45) is 5.92 Å². The van der Waals surface area contributed by atoms with Gasteiger partial charge in [-0.15, -0.1) is 0 Å². The molecule has 0 spiro atoms. The van der Waals surface area contributed by atoms with Crippen LogP contribution in [0.15, 0.2) is 23.2 Å². The van der Waals surface area contributed by atoms with Crippen molar-refractivity contribution >= 4 is 15.8 Å². The maximum atomic E-state index is 12.5. The fourth-order valence-electron chi connectivity index (χ4n) is 2.33. The van der Waals surface area contributed by atoms with Crippen molar-refractivity contribution in [2.75, 3.05) is 11.9 Å². The lowest BCUT2D eigenvalue weighted by molar-refractivity contribution is 0.260. The third-order valence-electron chi connectivity index (χ3n) is 3.80. The predicted octanol–water partition coefficient (Wildman–Crippen LogP) is 2.37. The second kappa shape index (κ2) is 6.54. The molecule has 2 rings (SSSR count). The molecule has 0 radical (unpaired) electrons. The molecule has 0 aliphatic heterocycles. The average Bonchev–Trinajstić information content (AvgIpc) is 2.33. The molecular weight excluding hydrogens is 274 g/mol. The highest BCUT2D eigenvalue weighted by Gasteiger charge is 2.29. The van der Waals surface area contributed by atoms with E-state index < -0.39 is 10.0 Å². The van der Waals surface area contributed by atoms with Gasteiger partial charge in [0.2, 0.25) is 10.0 Å².